The predicted octanol–water partition coefficient (Wildman–Crippen LogP) is 10.2. The third-order valence-corrected chi connectivity index (χ3v) is 7.52. The molecule has 0 fully saturated rings. The van der Waals surface area contributed by atoms with Crippen molar-refractivity contribution in [2.24, 2.45) is 0 Å². The van der Waals surface area contributed by atoms with Gasteiger partial charge in [0.15, 0.2) is 0 Å². The molecule has 0 atom stereocenters. The second kappa shape index (κ2) is 9.66. The molecule has 0 aliphatic heterocycles. The van der Waals surface area contributed by atoms with E-state index in [1.54, 1.807) is 0 Å². The van der Waals surface area contributed by atoms with E-state index in [4.69, 9.17) is 0 Å². The van der Waals surface area contributed by atoms with Crippen LogP contribution in [0.25, 0.3) is 49.7 Å². The lowest BCUT2D eigenvalue weighted by molar-refractivity contribution is 1.18. The van der Waals surface area contributed by atoms with E-state index in [0.29, 0.717) is 0 Å². The van der Waals surface area contributed by atoms with Crippen molar-refractivity contribution in [2.75, 3.05) is 5.32 Å². The zero-order valence-corrected chi connectivity index (χ0v) is 21.8. The Bertz CT molecular complexity index is 1910. The highest BCUT2D eigenvalue weighted by atomic mass is 15.0. The summed E-state index contributed by atoms with van der Waals surface area (Å²) in [7, 11) is 0. The van der Waals surface area contributed by atoms with Crippen LogP contribution in [0.5, 0.6) is 0 Å². The van der Waals surface area contributed by atoms with Crippen molar-refractivity contribution in [1.29, 1.82) is 0 Å². The zero-order valence-electron chi connectivity index (χ0n) is 21.8. The smallest absolute Gasteiger partial charge is 0.0541 e. The molecule has 0 spiro atoms. The molecule has 0 aliphatic carbocycles. The normalized spacial score (nSPS) is 11.2. The number of nitrogens with zero attached hydrogens (tertiary/aromatic N) is 1. The maximum absolute atomic E-state index is 3.69. The summed E-state index contributed by atoms with van der Waals surface area (Å²) in [6.07, 6.45) is 0. The summed E-state index contributed by atoms with van der Waals surface area (Å²) in [6.45, 7) is 2.16. The van der Waals surface area contributed by atoms with Crippen LogP contribution >= 0.6 is 0 Å². The standard InChI is InChI=1S/C37H28N2/c1-26-12-2-3-17-31(26)32-18-4-7-21-35(32)38-29-15-10-13-27(24-29)28-14-11-16-30(25-28)39-36-22-8-5-19-33(36)34-20-6-9-23-37(34)39/h2-25,38H,1H3. The van der Waals surface area contributed by atoms with Crippen molar-refractivity contribution in [1.82, 2.24) is 4.57 Å². The number of aromatic nitrogens is 1. The molecule has 7 rings (SSSR count). The molecule has 0 aliphatic rings. The lowest BCUT2D eigenvalue weighted by Gasteiger charge is -2.15. The molecule has 1 aromatic heterocycles. The summed E-state index contributed by atoms with van der Waals surface area (Å²) in [5, 5.41) is 6.24. The van der Waals surface area contributed by atoms with Gasteiger partial charge in [-0.3, -0.25) is 0 Å². The minimum atomic E-state index is 1.07. The van der Waals surface area contributed by atoms with Gasteiger partial charge in [-0.2, -0.15) is 0 Å². The maximum Gasteiger partial charge on any atom is 0.0541 e. The first kappa shape index (κ1) is 23.1. The molecule has 0 bridgehead atoms. The van der Waals surface area contributed by atoms with Crippen LogP contribution < -0.4 is 5.32 Å². The first-order valence-corrected chi connectivity index (χ1v) is 13.4. The fourth-order valence-corrected chi connectivity index (χ4v) is 5.66. The van der Waals surface area contributed by atoms with E-state index in [1.165, 1.54) is 49.6 Å². The fourth-order valence-electron chi connectivity index (χ4n) is 5.66. The number of nitrogens with one attached hydrogen (secondary N) is 1. The first-order chi connectivity index (χ1) is 19.3. The minimum absolute atomic E-state index is 1.07. The fraction of sp³-hybridized carbons (Fsp3) is 0.0270. The monoisotopic (exact) mass is 500 g/mol. The summed E-state index contributed by atoms with van der Waals surface area (Å²) in [4.78, 5) is 0. The molecule has 0 saturated carbocycles. The van der Waals surface area contributed by atoms with Gasteiger partial charge in [-0.25, -0.2) is 0 Å². The second-order valence-corrected chi connectivity index (χ2v) is 9.99. The number of fused-ring (bicyclic) bond motifs is 3. The predicted molar refractivity (Wildman–Crippen MR) is 166 cm³/mol. The quantitative estimate of drug-likeness (QED) is 0.249. The van der Waals surface area contributed by atoms with Gasteiger partial charge in [0, 0.05) is 33.4 Å². The van der Waals surface area contributed by atoms with E-state index in [-0.39, 0.29) is 0 Å². The Balaban J connectivity index is 1.28. The van der Waals surface area contributed by atoms with E-state index in [2.05, 4.69) is 162 Å². The lowest BCUT2D eigenvalue weighted by atomic mass is 9.98. The van der Waals surface area contributed by atoms with Crippen LogP contribution in [0.1, 0.15) is 5.56 Å². The highest BCUT2D eigenvalue weighted by Gasteiger charge is 2.12. The Kier molecular flexibility index (Phi) is 5.71. The van der Waals surface area contributed by atoms with Gasteiger partial charge in [-0.1, -0.05) is 103 Å². The number of hydrogen-bond acceptors (Lipinski definition) is 1. The molecular formula is C37H28N2. The number of anilines is 2. The maximum atomic E-state index is 3.69. The molecule has 0 radical (unpaired) electrons. The summed E-state index contributed by atoms with van der Waals surface area (Å²) in [5.41, 5.74) is 11.8. The molecule has 39 heavy (non-hydrogen) atoms. The third kappa shape index (κ3) is 4.17. The van der Waals surface area contributed by atoms with Crippen molar-refractivity contribution in [2.45, 2.75) is 6.92 Å². The molecule has 2 nitrogen and oxygen atoms in total. The summed E-state index contributed by atoms with van der Waals surface area (Å²) in [5.74, 6) is 0. The van der Waals surface area contributed by atoms with Gasteiger partial charge < -0.3 is 9.88 Å². The molecule has 1 N–H and O–H groups in total. The number of hydrogen-bond donors (Lipinski definition) is 1. The molecular weight excluding hydrogens is 472 g/mol. The Morgan fingerprint density at radius 3 is 1.82 bits per heavy atom. The van der Waals surface area contributed by atoms with Crippen molar-refractivity contribution < 1.29 is 0 Å². The molecule has 7 aromatic rings. The average molecular weight is 501 g/mol. The van der Waals surface area contributed by atoms with Gasteiger partial charge >= 0.3 is 0 Å². The van der Waals surface area contributed by atoms with Crippen molar-refractivity contribution >= 4 is 33.2 Å². The van der Waals surface area contributed by atoms with Crippen LogP contribution in [0.3, 0.4) is 0 Å². The molecule has 0 amide bonds. The first-order valence-electron chi connectivity index (χ1n) is 13.4. The van der Waals surface area contributed by atoms with Gasteiger partial charge in [0.1, 0.15) is 0 Å². The number of rotatable bonds is 5. The van der Waals surface area contributed by atoms with Crippen LogP contribution in [-0.2, 0) is 0 Å². The highest BCUT2D eigenvalue weighted by molar-refractivity contribution is 6.09. The number of para-hydroxylation sites is 3. The Morgan fingerprint density at radius 1 is 0.487 bits per heavy atom. The highest BCUT2D eigenvalue weighted by Crippen LogP contribution is 2.35. The van der Waals surface area contributed by atoms with E-state index in [9.17, 15) is 0 Å². The Morgan fingerprint density at radius 2 is 1.08 bits per heavy atom. The van der Waals surface area contributed by atoms with Crippen molar-refractivity contribution in [3.8, 4) is 27.9 Å². The molecule has 1 heterocycles. The zero-order chi connectivity index (χ0) is 26.2. The van der Waals surface area contributed by atoms with Crippen LogP contribution in [0, 0.1) is 6.92 Å². The summed E-state index contributed by atoms with van der Waals surface area (Å²) in [6, 6.07) is 51.9. The topological polar surface area (TPSA) is 17.0 Å². The van der Waals surface area contributed by atoms with Gasteiger partial charge in [-0.15, -0.1) is 0 Å². The minimum Gasteiger partial charge on any atom is -0.355 e. The van der Waals surface area contributed by atoms with Crippen LogP contribution in [0.4, 0.5) is 11.4 Å². The molecule has 0 saturated heterocycles. The van der Waals surface area contributed by atoms with E-state index < -0.39 is 0 Å². The van der Waals surface area contributed by atoms with E-state index in [0.717, 1.165) is 17.1 Å². The molecule has 0 unspecified atom stereocenters. The van der Waals surface area contributed by atoms with Gasteiger partial charge in [0.25, 0.3) is 0 Å². The second-order valence-electron chi connectivity index (χ2n) is 9.99. The molecule has 186 valence electrons. The molecule has 6 aromatic carbocycles. The van der Waals surface area contributed by atoms with Crippen molar-refractivity contribution in [3.63, 3.8) is 0 Å². The van der Waals surface area contributed by atoms with Crippen LogP contribution in [0.2, 0.25) is 0 Å². The van der Waals surface area contributed by atoms with Gasteiger partial charge in [0.05, 0.1) is 11.0 Å². The third-order valence-electron chi connectivity index (χ3n) is 7.52. The number of benzene rings is 6. The van der Waals surface area contributed by atoms with E-state index in [1.807, 2.05) is 0 Å². The largest absolute Gasteiger partial charge is 0.355 e. The van der Waals surface area contributed by atoms with E-state index >= 15 is 0 Å². The summed E-state index contributed by atoms with van der Waals surface area (Å²) >= 11 is 0. The van der Waals surface area contributed by atoms with Crippen LogP contribution in [-0.4, -0.2) is 4.57 Å². The molecule has 2 heteroatoms. The summed E-state index contributed by atoms with van der Waals surface area (Å²) < 4.78 is 2.37. The lowest BCUT2D eigenvalue weighted by Crippen LogP contribution is -1.95. The Hall–Kier alpha value is -5.08. The number of aryl methyl sites for hydroxylation is 1. The van der Waals surface area contributed by atoms with Crippen LogP contribution in [0.15, 0.2) is 146 Å². The average Bonchev–Trinajstić information content (AvgIpc) is 3.33. The van der Waals surface area contributed by atoms with Crippen molar-refractivity contribution in [3.05, 3.63) is 151 Å². The van der Waals surface area contributed by atoms with Gasteiger partial charge in [0.2, 0.25) is 0 Å². The van der Waals surface area contributed by atoms with Gasteiger partial charge in [-0.05, 0) is 71.6 Å². The SMILES string of the molecule is Cc1ccccc1-c1ccccc1Nc1cccc(-c2cccc(-n3c4ccccc4c4ccccc43)c2)c1. The Labute approximate surface area is 228 Å².